The lowest BCUT2D eigenvalue weighted by Gasteiger charge is -2.14. The molecule has 0 radical (unpaired) electrons. The maximum atomic E-state index is 13.1. The molecule has 0 saturated carbocycles. The Hall–Kier alpha value is -0.460. The van der Waals surface area contributed by atoms with E-state index in [0.717, 1.165) is 12.1 Å². The van der Waals surface area contributed by atoms with Crippen molar-refractivity contribution < 1.29 is 21.6 Å². The average Bonchev–Trinajstić information content (AvgIpc) is 2.07. The van der Waals surface area contributed by atoms with Crippen LogP contribution in [-0.4, -0.2) is 8.42 Å². The quantitative estimate of drug-likeness (QED) is 0.779. The number of alkyl halides is 2. The van der Waals surface area contributed by atoms with Crippen molar-refractivity contribution in [3.63, 3.8) is 0 Å². The van der Waals surface area contributed by atoms with E-state index in [4.69, 9.17) is 11.6 Å². The van der Waals surface area contributed by atoms with E-state index in [1.165, 1.54) is 0 Å². The molecule has 0 unspecified atom stereocenters. The van der Waals surface area contributed by atoms with Gasteiger partial charge in [-0.3, -0.25) is 0 Å². The summed E-state index contributed by atoms with van der Waals surface area (Å²) in [6, 6.07) is 2.42. The van der Waals surface area contributed by atoms with Crippen LogP contribution in [0.25, 0.3) is 0 Å². The first kappa shape index (κ1) is 12.6. The van der Waals surface area contributed by atoms with Gasteiger partial charge in [0, 0.05) is 10.7 Å². The van der Waals surface area contributed by atoms with Crippen LogP contribution >= 0.6 is 22.3 Å². The van der Waals surface area contributed by atoms with Crippen molar-refractivity contribution in [3.05, 3.63) is 34.6 Å². The Labute approximate surface area is 93.0 Å². The summed E-state index contributed by atoms with van der Waals surface area (Å²) >= 11 is 5.21. The number of benzene rings is 1. The second-order valence-electron chi connectivity index (χ2n) is 2.56. The molecule has 0 atom stereocenters. The molecule has 0 saturated heterocycles. The van der Waals surface area contributed by atoms with Crippen molar-refractivity contribution in [2.75, 3.05) is 0 Å². The Kier molecular flexibility index (Phi) is 3.23. The Morgan fingerprint density at radius 2 is 1.80 bits per heavy atom. The minimum absolute atomic E-state index is 0.686. The Balaban J connectivity index is 3.47. The van der Waals surface area contributed by atoms with Crippen LogP contribution in [-0.2, 0) is 14.3 Å². The van der Waals surface area contributed by atoms with Crippen molar-refractivity contribution >= 4 is 31.3 Å². The minimum Gasteiger partial charge on any atom is -0.205 e. The molecule has 0 amide bonds. The normalized spacial score (nSPS) is 12.9. The number of hydrogen-bond donors (Lipinski definition) is 0. The lowest BCUT2D eigenvalue weighted by molar-refractivity contribution is 0.0934. The molecule has 84 valence electrons. The van der Waals surface area contributed by atoms with E-state index >= 15 is 0 Å². The van der Waals surface area contributed by atoms with Gasteiger partial charge in [-0.1, -0.05) is 23.7 Å². The molecule has 0 heterocycles. The van der Waals surface area contributed by atoms with Crippen LogP contribution in [0.2, 0.25) is 5.02 Å². The van der Waals surface area contributed by atoms with Crippen LogP contribution in [0.15, 0.2) is 18.2 Å². The minimum atomic E-state index is -5.21. The zero-order valence-corrected chi connectivity index (χ0v) is 9.17. The Bertz CT molecular complexity index is 487. The highest BCUT2D eigenvalue weighted by atomic mass is 35.7. The first-order valence-electron chi connectivity index (χ1n) is 3.44. The summed E-state index contributed by atoms with van der Waals surface area (Å²) in [5.74, 6) is -1.14. The topological polar surface area (TPSA) is 34.1 Å². The van der Waals surface area contributed by atoms with E-state index in [-0.39, 0.29) is 0 Å². The molecule has 8 heteroatoms. The zero-order valence-electron chi connectivity index (χ0n) is 6.85. The summed E-state index contributed by atoms with van der Waals surface area (Å²) in [5, 5.41) is -5.39. The third-order valence-corrected chi connectivity index (χ3v) is 3.37. The van der Waals surface area contributed by atoms with Crippen molar-refractivity contribution in [1.29, 1.82) is 0 Å². The van der Waals surface area contributed by atoms with E-state index in [9.17, 15) is 21.6 Å². The van der Waals surface area contributed by atoms with E-state index in [1.807, 2.05) is 0 Å². The van der Waals surface area contributed by atoms with Crippen molar-refractivity contribution in [1.82, 2.24) is 0 Å². The Morgan fingerprint density at radius 3 is 2.27 bits per heavy atom. The van der Waals surface area contributed by atoms with Gasteiger partial charge in [-0.2, -0.15) is 8.78 Å². The summed E-state index contributed by atoms with van der Waals surface area (Å²) in [7, 11) is -0.682. The molecule has 2 nitrogen and oxygen atoms in total. The highest BCUT2D eigenvalue weighted by Gasteiger charge is 2.47. The van der Waals surface area contributed by atoms with Gasteiger partial charge in [0.15, 0.2) is 0 Å². The SMILES string of the molecule is O=S(=O)(Cl)C(F)(F)c1cccc(F)c1Cl. The predicted molar refractivity (Wildman–Crippen MR) is 50.1 cm³/mol. The van der Waals surface area contributed by atoms with Crippen molar-refractivity contribution in [3.8, 4) is 0 Å². The first-order chi connectivity index (χ1) is 6.68. The highest BCUT2D eigenvalue weighted by Crippen LogP contribution is 2.40. The summed E-state index contributed by atoms with van der Waals surface area (Å²) in [5.41, 5.74) is -1.18. The van der Waals surface area contributed by atoms with Gasteiger partial charge in [-0.25, -0.2) is 12.8 Å². The molecule has 0 N–H and O–H groups in total. The number of hydrogen-bond acceptors (Lipinski definition) is 2. The second kappa shape index (κ2) is 3.84. The highest BCUT2D eigenvalue weighted by molar-refractivity contribution is 8.14. The third-order valence-electron chi connectivity index (χ3n) is 1.57. The molecule has 0 spiro atoms. The molecule has 0 aliphatic heterocycles. The summed E-state index contributed by atoms with van der Waals surface area (Å²) < 4.78 is 60.2. The fourth-order valence-electron chi connectivity index (χ4n) is 0.860. The van der Waals surface area contributed by atoms with E-state index in [2.05, 4.69) is 10.7 Å². The smallest absolute Gasteiger partial charge is 0.205 e. The molecule has 0 bridgehead atoms. The van der Waals surface area contributed by atoms with Crippen LogP contribution in [0.4, 0.5) is 13.2 Å². The van der Waals surface area contributed by atoms with Crippen LogP contribution in [0.3, 0.4) is 0 Å². The van der Waals surface area contributed by atoms with Crippen LogP contribution in [0.1, 0.15) is 5.56 Å². The van der Waals surface area contributed by atoms with Crippen molar-refractivity contribution in [2.24, 2.45) is 0 Å². The van der Waals surface area contributed by atoms with Gasteiger partial charge >= 0.3 is 14.3 Å². The van der Waals surface area contributed by atoms with Gasteiger partial charge in [-0.15, -0.1) is 0 Å². The summed E-state index contributed by atoms with van der Waals surface area (Å²) in [6.07, 6.45) is 0. The average molecular weight is 279 g/mol. The largest absolute Gasteiger partial charge is 0.386 e. The monoisotopic (exact) mass is 278 g/mol. The molecule has 0 aliphatic carbocycles. The lowest BCUT2D eigenvalue weighted by Crippen LogP contribution is -2.22. The Morgan fingerprint density at radius 1 is 1.27 bits per heavy atom. The lowest BCUT2D eigenvalue weighted by atomic mass is 10.2. The van der Waals surface area contributed by atoms with Gasteiger partial charge in [0.25, 0.3) is 0 Å². The molecule has 15 heavy (non-hydrogen) atoms. The van der Waals surface area contributed by atoms with Gasteiger partial charge in [0.2, 0.25) is 0 Å². The molecular formula is C7H3Cl2F3O2S. The third kappa shape index (κ3) is 2.21. The molecule has 1 rings (SSSR count). The summed E-state index contributed by atoms with van der Waals surface area (Å²) in [4.78, 5) is 0. The fourth-order valence-corrected chi connectivity index (χ4v) is 1.84. The zero-order chi connectivity index (χ0) is 11.9. The predicted octanol–water partition coefficient (Wildman–Crippen LogP) is 3.10. The summed E-state index contributed by atoms with van der Waals surface area (Å²) in [6.45, 7) is 0. The van der Waals surface area contributed by atoms with Crippen LogP contribution < -0.4 is 0 Å². The van der Waals surface area contributed by atoms with Gasteiger partial charge in [-0.05, 0) is 6.07 Å². The maximum Gasteiger partial charge on any atom is 0.386 e. The molecule has 0 aliphatic rings. The molecular weight excluding hydrogens is 276 g/mol. The second-order valence-corrected chi connectivity index (χ2v) is 5.54. The van der Waals surface area contributed by atoms with E-state index in [0.29, 0.717) is 6.07 Å². The van der Waals surface area contributed by atoms with E-state index < -0.39 is 30.7 Å². The maximum absolute atomic E-state index is 13.1. The molecule has 0 fully saturated rings. The molecule has 1 aromatic rings. The number of halogens is 5. The molecule has 1 aromatic carbocycles. The van der Waals surface area contributed by atoms with Crippen LogP contribution in [0.5, 0.6) is 0 Å². The van der Waals surface area contributed by atoms with Crippen LogP contribution in [0, 0.1) is 5.82 Å². The van der Waals surface area contributed by atoms with Gasteiger partial charge < -0.3 is 0 Å². The fraction of sp³-hybridized carbons (Fsp3) is 0.143. The van der Waals surface area contributed by atoms with E-state index in [1.54, 1.807) is 0 Å². The van der Waals surface area contributed by atoms with Gasteiger partial charge in [0.1, 0.15) is 5.82 Å². The standard InChI is InChI=1S/C7H3Cl2F3O2S/c8-6-4(2-1-3-5(6)10)7(11,12)15(9,13)14/h1-3H. The molecule has 0 aromatic heterocycles. The first-order valence-corrected chi connectivity index (χ1v) is 6.13. The number of rotatable bonds is 2. The van der Waals surface area contributed by atoms with Gasteiger partial charge in [0.05, 0.1) is 10.6 Å². The van der Waals surface area contributed by atoms with Crippen molar-refractivity contribution in [2.45, 2.75) is 5.25 Å².